The predicted molar refractivity (Wildman–Crippen MR) is 95.5 cm³/mol. The summed E-state index contributed by atoms with van der Waals surface area (Å²) in [6, 6.07) is 0.330. The maximum atomic E-state index is 11.5. The number of ketones is 1. The van der Waals surface area contributed by atoms with E-state index in [1.54, 1.807) is 0 Å². The molecule has 1 fully saturated rings. The molecule has 0 spiro atoms. The van der Waals surface area contributed by atoms with Crippen molar-refractivity contribution in [1.82, 2.24) is 9.55 Å². The summed E-state index contributed by atoms with van der Waals surface area (Å²) in [4.78, 5) is 38.2. The van der Waals surface area contributed by atoms with Crippen LogP contribution >= 0.6 is 0 Å². The van der Waals surface area contributed by atoms with Crippen molar-refractivity contribution in [3.8, 4) is 0 Å². The zero-order chi connectivity index (χ0) is 22.1. The molecule has 14 nitrogen and oxygen atoms in total. The van der Waals surface area contributed by atoms with E-state index in [0.717, 1.165) is 4.57 Å². The largest absolute Gasteiger partial charge is 0.480 e. The van der Waals surface area contributed by atoms with Crippen molar-refractivity contribution in [2.75, 3.05) is 12.3 Å². The topological polar surface area (TPSA) is 248 Å². The lowest BCUT2D eigenvalue weighted by Crippen LogP contribution is -2.36. The number of aliphatic carboxylic acids is 1. The molecule has 1 aromatic heterocycles. The van der Waals surface area contributed by atoms with Crippen LogP contribution in [0.2, 0.25) is 0 Å². The lowest BCUT2D eigenvalue weighted by molar-refractivity contribution is -0.138. The second kappa shape index (κ2) is 11.1. The zero-order valence-electron chi connectivity index (χ0n) is 15.1. The average molecular weight is 414 g/mol. The van der Waals surface area contributed by atoms with E-state index < -0.39 is 54.6 Å². The first kappa shape index (κ1) is 24.0. The van der Waals surface area contributed by atoms with Crippen molar-refractivity contribution in [3.05, 3.63) is 28.3 Å². The number of aliphatic hydroxyl groups is 3. The number of carboxylic acids is 1. The Morgan fingerprint density at radius 2 is 2.07 bits per heavy atom. The summed E-state index contributed by atoms with van der Waals surface area (Å²) in [5.74, 6) is -1.55. The Bertz CT molecular complexity index is 823. The highest BCUT2D eigenvalue weighted by atomic mass is 16.6. The Kier molecular flexibility index (Phi) is 9.21. The van der Waals surface area contributed by atoms with E-state index in [1.807, 2.05) is 0 Å². The molecule has 5 atom stereocenters. The first-order chi connectivity index (χ1) is 13.6. The van der Waals surface area contributed by atoms with Crippen LogP contribution in [0.15, 0.2) is 17.1 Å². The number of hydrogen-bond acceptors (Lipinski definition) is 10. The molecule has 0 amide bonds. The number of rotatable bonds is 7. The number of aromatic nitrogens is 2. The molecule has 1 aliphatic heterocycles. The first-order valence-corrected chi connectivity index (χ1v) is 8.28. The Balaban J connectivity index is 0.000000311. The standard InChI is InChI=1S/C9H13N3O5.C6H9N3O3/c10-5-1-2-12(9(16)11-5)8-7(15)6(14)4(3-13)17-8;7-5(6(11)12)2-1-4(10)3-9-8/h1-2,4,6-8,13-15H,3H2,(H2,10,11,16);3,5H,1-2,7H2,(H,11,12)/t4-,6-,7-,8-;/m1./s1. The van der Waals surface area contributed by atoms with E-state index in [0.29, 0.717) is 6.21 Å². The van der Waals surface area contributed by atoms with E-state index in [4.69, 9.17) is 31.9 Å². The van der Waals surface area contributed by atoms with Crippen LogP contribution in [0.3, 0.4) is 0 Å². The lowest BCUT2D eigenvalue weighted by atomic mass is 10.1. The molecule has 0 bridgehead atoms. The number of nitrogens with zero attached hydrogens (tertiary/aromatic N) is 4. The third-order valence-electron chi connectivity index (χ3n) is 3.86. The second-order valence-corrected chi connectivity index (χ2v) is 5.97. The summed E-state index contributed by atoms with van der Waals surface area (Å²) < 4.78 is 6.19. The Morgan fingerprint density at radius 1 is 1.41 bits per heavy atom. The fourth-order valence-electron chi connectivity index (χ4n) is 2.28. The van der Waals surface area contributed by atoms with Crippen molar-refractivity contribution in [3.63, 3.8) is 0 Å². The molecule has 1 saturated heterocycles. The van der Waals surface area contributed by atoms with Crippen molar-refractivity contribution < 1.29 is 39.5 Å². The van der Waals surface area contributed by atoms with Crippen molar-refractivity contribution >= 4 is 23.8 Å². The molecule has 8 N–H and O–H groups in total. The fraction of sp³-hybridized carbons (Fsp3) is 0.533. The molecule has 1 aliphatic rings. The number of carbonyl (C=O) groups excluding carboxylic acids is 1. The van der Waals surface area contributed by atoms with Crippen LogP contribution in [0.4, 0.5) is 5.82 Å². The molecule has 1 unspecified atom stereocenters. The summed E-state index contributed by atoms with van der Waals surface area (Å²) in [6.45, 7) is -0.453. The van der Waals surface area contributed by atoms with E-state index >= 15 is 0 Å². The van der Waals surface area contributed by atoms with Gasteiger partial charge in [-0.3, -0.25) is 14.2 Å². The van der Waals surface area contributed by atoms with Gasteiger partial charge >= 0.3 is 17.9 Å². The highest BCUT2D eigenvalue weighted by Gasteiger charge is 2.43. The molecule has 0 aliphatic carbocycles. The summed E-state index contributed by atoms with van der Waals surface area (Å²) >= 11 is 0. The number of anilines is 1. The van der Waals surface area contributed by atoms with E-state index in [9.17, 15) is 24.6 Å². The number of Topliss-reactive ketones (excluding diaryl/α,β-unsaturated/α-hetero) is 1. The number of carbonyl (C=O) groups is 2. The van der Waals surface area contributed by atoms with Gasteiger partial charge in [-0.05, 0) is 12.5 Å². The van der Waals surface area contributed by atoms with E-state index in [2.05, 4.69) is 9.77 Å². The molecule has 1 aromatic rings. The van der Waals surface area contributed by atoms with Gasteiger partial charge < -0.3 is 42.2 Å². The number of hydrogen-bond donors (Lipinski definition) is 6. The zero-order valence-corrected chi connectivity index (χ0v) is 15.1. The molecule has 29 heavy (non-hydrogen) atoms. The Hall–Kier alpha value is -3.00. The summed E-state index contributed by atoms with van der Waals surface area (Å²) in [5, 5.41) is 36.5. The van der Waals surface area contributed by atoms with Crippen molar-refractivity contribution in [2.24, 2.45) is 5.73 Å². The average Bonchev–Trinajstić information content (AvgIpc) is 2.95. The third-order valence-corrected chi connectivity index (χ3v) is 3.86. The van der Waals surface area contributed by atoms with Gasteiger partial charge in [0.25, 0.3) is 0 Å². The number of aliphatic hydroxyl groups excluding tert-OH is 3. The third kappa shape index (κ3) is 6.83. The Morgan fingerprint density at radius 3 is 2.55 bits per heavy atom. The van der Waals surface area contributed by atoms with Crippen LogP contribution in [0, 0.1) is 0 Å². The van der Waals surface area contributed by atoms with Crippen LogP contribution in [0.25, 0.3) is 5.53 Å². The highest BCUT2D eigenvalue weighted by molar-refractivity contribution is 6.25. The molecule has 160 valence electrons. The molecular weight excluding hydrogens is 392 g/mol. The number of carboxylic acid groups (broad SMARTS) is 1. The van der Waals surface area contributed by atoms with Crippen LogP contribution in [-0.2, 0) is 14.3 Å². The Labute approximate surface area is 163 Å². The van der Waals surface area contributed by atoms with Gasteiger partial charge in [-0.25, -0.2) is 4.79 Å². The van der Waals surface area contributed by atoms with Gasteiger partial charge in [0.15, 0.2) is 6.23 Å². The molecular formula is C15H22N6O8. The van der Waals surface area contributed by atoms with Crippen molar-refractivity contribution in [2.45, 2.75) is 43.4 Å². The maximum absolute atomic E-state index is 11.5. The van der Waals surface area contributed by atoms with Crippen LogP contribution < -0.4 is 17.2 Å². The second-order valence-electron chi connectivity index (χ2n) is 5.97. The molecule has 0 radical (unpaired) electrons. The van der Waals surface area contributed by atoms with Gasteiger partial charge in [0.05, 0.1) is 6.61 Å². The molecule has 0 aromatic carbocycles. The number of nitrogen functional groups attached to an aromatic ring is 1. The minimum absolute atomic E-state index is 0.0302. The quantitative estimate of drug-likeness (QED) is 0.145. The van der Waals surface area contributed by atoms with Crippen molar-refractivity contribution in [1.29, 1.82) is 0 Å². The maximum Gasteiger partial charge on any atom is 0.351 e. The molecule has 2 rings (SSSR count). The number of nitrogens with two attached hydrogens (primary N) is 2. The summed E-state index contributed by atoms with van der Waals surface area (Å²) in [6.07, 6.45) is -2.54. The molecule has 2 heterocycles. The monoisotopic (exact) mass is 414 g/mol. The molecule has 0 saturated carbocycles. The minimum Gasteiger partial charge on any atom is -0.480 e. The minimum atomic E-state index is -1.31. The normalized spacial score (nSPS) is 24.0. The first-order valence-electron chi connectivity index (χ1n) is 8.28. The van der Waals surface area contributed by atoms with Crippen LogP contribution in [-0.4, -0.2) is 83.7 Å². The predicted octanol–water partition coefficient (Wildman–Crippen LogP) is -3.51. The SMILES string of the molecule is Nc1ccn([C@@H]2O[C@H](CO)[C@@H](O)[C@H]2O)c(=O)n1.[N-]=[N+]=CC(=O)CCC(N)C(=O)O. The van der Waals surface area contributed by atoms with Gasteiger partial charge in [0.2, 0.25) is 5.78 Å². The van der Waals surface area contributed by atoms with Gasteiger partial charge in [0.1, 0.15) is 30.2 Å². The van der Waals surface area contributed by atoms with E-state index in [-0.39, 0.29) is 18.7 Å². The highest BCUT2D eigenvalue weighted by Crippen LogP contribution is 2.27. The van der Waals surface area contributed by atoms with E-state index in [1.165, 1.54) is 12.3 Å². The van der Waals surface area contributed by atoms with Gasteiger partial charge in [-0.15, -0.1) is 0 Å². The lowest BCUT2D eigenvalue weighted by Gasteiger charge is -2.16. The van der Waals surface area contributed by atoms with Gasteiger partial charge in [0, 0.05) is 12.6 Å². The molecule has 14 heteroatoms. The summed E-state index contributed by atoms with van der Waals surface area (Å²) in [5.41, 5.74) is 17.6. The van der Waals surface area contributed by atoms with Crippen LogP contribution in [0.1, 0.15) is 19.1 Å². The summed E-state index contributed by atoms with van der Waals surface area (Å²) in [7, 11) is 0. The van der Waals surface area contributed by atoms with Gasteiger partial charge in [-0.2, -0.15) is 9.77 Å². The number of ether oxygens (including phenoxy) is 1. The van der Waals surface area contributed by atoms with Crippen LogP contribution in [0.5, 0.6) is 0 Å². The smallest absolute Gasteiger partial charge is 0.351 e. The van der Waals surface area contributed by atoms with Gasteiger partial charge in [-0.1, -0.05) is 0 Å². The fourth-order valence-corrected chi connectivity index (χ4v) is 2.28.